The SMILES string of the molecule is N#C[C@H](C(=O)c1cc(-c2ccc(Cl)cc2)n[nH]1)c1nc2ccccc2s1. The van der Waals surface area contributed by atoms with Crippen molar-refractivity contribution in [3.8, 4) is 17.3 Å². The van der Waals surface area contributed by atoms with Gasteiger partial charge in [0, 0.05) is 10.6 Å². The molecule has 0 amide bonds. The van der Waals surface area contributed by atoms with Gasteiger partial charge in [-0.05, 0) is 30.3 Å². The van der Waals surface area contributed by atoms with Crippen molar-refractivity contribution in [2.45, 2.75) is 5.92 Å². The lowest BCUT2D eigenvalue weighted by Crippen LogP contribution is -2.11. The molecule has 2 aromatic carbocycles. The summed E-state index contributed by atoms with van der Waals surface area (Å²) in [6.45, 7) is 0. The second-order valence-electron chi connectivity index (χ2n) is 5.62. The minimum Gasteiger partial charge on any atom is -0.290 e. The number of carbonyl (C=O) groups is 1. The number of hydrogen-bond donors (Lipinski definition) is 1. The van der Waals surface area contributed by atoms with E-state index in [1.807, 2.05) is 36.4 Å². The molecule has 126 valence electrons. The van der Waals surface area contributed by atoms with Gasteiger partial charge in [0.2, 0.25) is 5.78 Å². The number of Topliss-reactive ketones (excluding diaryl/α,β-unsaturated/α-hetero) is 1. The number of aromatic nitrogens is 3. The monoisotopic (exact) mass is 378 g/mol. The van der Waals surface area contributed by atoms with Crippen LogP contribution in [0.4, 0.5) is 0 Å². The van der Waals surface area contributed by atoms with E-state index in [0.29, 0.717) is 15.7 Å². The summed E-state index contributed by atoms with van der Waals surface area (Å²) in [5.74, 6) is -1.31. The van der Waals surface area contributed by atoms with E-state index in [1.54, 1.807) is 18.2 Å². The molecule has 0 bridgehead atoms. The Labute approximate surface area is 157 Å². The van der Waals surface area contributed by atoms with Crippen LogP contribution >= 0.6 is 22.9 Å². The van der Waals surface area contributed by atoms with Crippen molar-refractivity contribution in [3.63, 3.8) is 0 Å². The molecule has 0 aliphatic heterocycles. The predicted octanol–water partition coefficient (Wildman–Crippen LogP) is 4.83. The van der Waals surface area contributed by atoms with Gasteiger partial charge < -0.3 is 0 Å². The molecule has 2 heterocycles. The fraction of sp³-hybridized carbons (Fsp3) is 0.0526. The van der Waals surface area contributed by atoms with Crippen LogP contribution in [-0.4, -0.2) is 21.0 Å². The van der Waals surface area contributed by atoms with E-state index in [4.69, 9.17) is 11.6 Å². The van der Waals surface area contributed by atoms with Crippen LogP contribution in [0.3, 0.4) is 0 Å². The summed E-state index contributed by atoms with van der Waals surface area (Å²) in [6, 6.07) is 18.4. The first-order valence-electron chi connectivity index (χ1n) is 7.76. The normalized spacial score (nSPS) is 12.0. The largest absolute Gasteiger partial charge is 0.290 e. The Hall–Kier alpha value is -3.01. The van der Waals surface area contributed by atoms with Gasteiger partial charge in [-0.25, -0.2) is 4.98 Å². The number of H-pyrrole nitrogens is 1. The van der Waals surface area contributed by atoms with Gasteiger partial charge in [-0.2, -0.15) is 10.4 Å². The first-order chi connectivity index (χ1) is 12.7. The number of thiazole rings is 1. The third-order valence-corrected chi connectivity index (χ3v) is 5.29. The highest BCUT2D eigenvalue weighted by atomic mass is 35.5. The molecule has 4 rings (SSSR count). The van der Waals surface area contributed by atoms with E-state index < -0.39 is 5.92 Å². The van der Waals surface area contributed by atoms with Crippen LogP contribution < -0.4 is 0 Å². The number of fused-ring (bicyclic) bond motifs is 1. The van der Waals surface area contributed by atoms with E-state index in [2.05, 4.69) is 21.3 Å². The van der Waals surface area contributed by atoms with E-state index in [0.717, 1.165) is 15.8 Å². The number of hydrogen-bond acceptors (Lipinski definition) is 5. The average Bonchev–Trinajstić information content (AvgIpc) is 3.30. The topological polar surface area (TPSA) is 82.4 Å². The predicted molar refractivity (Wildman–Crippen MR) is 101 cm³/mol. The lowest BCUT2D eigenvalue weighted by atomic mass is 10.0. The summed E-state index contributed by atoms with van der Waals surface area (Å²) in [6.07, 6.45) is 0. The van der Waals surface area contributed by atoms with Crippen molar-refractivity contribution in [1.29, 1.82) is 5.26 Å². The Morgan fingerprint density at radius 1 is 1.19 bits per heavy atom. The van der Waals surface area contributed by atoms with Crippen LogP contribution in [0, 0.1) is 11.3 Å². The van der Waals surface area contributed by atoms with Crippen LogP contribution in [0.25, 0.3) is 21.5 Å². The molecule has 0 radical (unpaired) electrons. The minimum atomic E-state index is -0.967. The second-order valence-corrected chi connectivity index (χ2v) is 7.12. The Balaban J connectivity index is 1.65. The molecule has 0 saturated heterocycles. The third-order valence-electron chi connectivity index (χ3n) is 3.93. The van der Waals surface area contributed by atoms with Crippen LogP contribution in [-0.2, 0) is 0 Å². The number of ketones is 1. The summed E-state index contributed by atoms with van der Waals surface area (Å²) < 4.78 is 0.946. The summed E-state index contributed by atoms with van der Waals surface area (Å²) in [7, 11) is 0. The number of para-hydroxylation sites is 1. The Kier molecular flexibility index (Phi) is 4.25. The smallest absolute Gasteiger partial charge is 0.204 e. The highest BCUT2D eigenvalue weighted by molar-refractivity contribution is 7.18. The molecule has 7 heteroatoms. The molecule has 0 aliphatic rings. The van der Waals surface area contributed by atoms with Gasteiger partial charge in [-0.3, -0.25) is 9.89 Å². The summed E-state index contributed by atoms with van der Waals surface area (Å²) in [5, 5.41) is 17.6. The van der Waals surface area contributed by atoms with Gasteiger partial charge in [0.25, 0.3) is 0 Å². The fourth-order valence-electron chi connectivity index (χ4n) is 2.61. The van der Waals surface area contributed by atoms with Gasteiger partial charge in [0.05, 0.1) is 22.0 Å². The molecular formula is C19H11ClN4OS. The Bertz CT molecular complexity index is 1110. The van der Waals surface area contributed by atoms with Crippen LogP contribution in [0.2, 0.25) is 5.02 Å². The zero-order chi connectivity index (χ0) is 18.1. The fourth-order valence-corrected chi connectivity index (χ4v) is 3.75. The standard InChI is InChI=1S/C19H11ClN4OS/c20-12-7-5-11(6-8-12)15-9-16(24-23-15)18(25)13(10-21)19-22-14-3-1-2-4-17(14)26-19/h1-9,13H,(H,23,24)/t13-/m1/s1. The van der Waals surface area contributed by atoms with Gasteiger partial charge in [-0.1, -0.05) is 35.9 Å². The van der Waals surface area contributed by atoms with Crippen molar-refractivity contribution in [2.24, 2.45) is 0 Å². The highest BCUT2D eigenvalue weighted by Gasteiger charge is 2.27. The zero-order valence-corrected chi connectivity index (χ0v) is 14.9. The minimum absolute atomic E-state index is 0.278. The Morgan fingerprint density at radius 3 is 2.69 bits per heavy atom. The van der Waals surface area contributed by atoms with Gasteiger partial charge in [0.1, 0.15) is 10.7 Å². The number of nitrogens with zero attached hydrogens (tertiary/aromatic N) is 3. The summed E-state index contributed by atoms with van der Waals surface area (Å²) in [5.41, 5.74) is 2.51. The number of carbonyl (C=O) groups excluding carboxylic acids is 1. The molecule has 2 aromatic heterocycles. The lowest BCUT2D eigenvalue weighted by molar-refractivity contribution is 0.0974. The van der Waals surface area contributed by atoms with Crippen molar-refractivity contribution < 1.29 is 4.79 Å². The second kappa shape index (κ2) is 6.71. The van der Waals surface area contributed by atoms with Crippen molar-refractivity contribution in [1.82, 2.24) is 15.2 Å². The lowest BCUT2D eigenvalue weighted by Gasteiger charge is -2.01. The zero-order valence-electron chi connectivity index (χ0n) is 13.3. The molecule has 4 aromatic rings. The van der Waals surface area contributed by atoms with Gasteiger partial charge >= 0.3 is 0 Å². The van der Waals surface area contributed by atoms with E-state index in [1.165, 1.54) is 11.3 Å². The summed E-state index contributed by atoms with van der Waals surface area (Å²) in [4.78, 5) is 17.2. The molecule has 1 N–H and O–H groups in total. The van der Waals surface area contributed by atoms with Crippen LogP contribution in [0.15, 0.2) is 54.6 Å². The number of nitriles is 1. The average molecular weight is 379 g/mol. The number of aromatic amines is 1. The molecular weight excluding hydrogens is 368 g/mol. The van der Waals surface area contributed by atoms with E-state index in [-0.39, 0.29) is 11.5 Å². The first kappa shape index (κ1) is 16.5. The van der Waals surface area contributed by atoms with Gasteiger partial charge in [-0.15, -0.1) is 11.3 Å². The highest BCUT2D eigenvalue weighted by Crippen LogP contribution is 2.30. The van der Waals surface area contributed by atoms with Crippen molar-refractivity contribution >= 4 is 38.9 Å². The molecule has 0 unspecified atom stereocenters. The molecule has 0 saturated carbocycles. The molecule has 0 fully saturated rings. The molecule has 1 atom stereocenters. The summed E-state index contributed by atoms with van der Waals surface area (Å²) >= 11 is 7.25. The first-order valence-corrected chi connectivity index (χ1v) is 8.96. The molecule has 0 spiro atoms. The third kappa shape index (κ3) is 2.99. The molecule has 0 aliphatic carbocycles. The number of nitrogens with one attached hydrogen (secondary N) is 1. The maximum absolute atomic E-state index is 12.8. The van der Waals surface area contributed by atoms with Crippen molar-refractivity contribution in [3.05, 3.63) is 70.3 Å². The molecule has 26 heavy (non-hydrogen) atoms. The quantitative estimate of drug-likeness (QED) is 0.515. The maximum Gasteiger partial charge on any atom is 0.204 e. The number of rotatable bonds is 4. The van der Waals surface area contributed by atoms with Gasteiger partial charge in [0.15, 0.2) is 5.92 Å². The van der Waals surface area contributed by atoms with E-state index in [9.17, 15) is 10.1 Å². The van der Waals surface area contributed by atoms with Crippen molar-refractivity contribution in [2.75, 3.05) is 0 Å². The van der Waals surface area contributed by atoms with Crippen LogP contribution in [0.1, 0.15) is 21.4 Å². The molecule has 5 nitrogen and oxygen atoms in total. The Morgan fingerprint density at radius 2 is 1.96 bits per heavy atom. The number of halogens is 1. The van der Waals surface area contributed by atoms with Crippen LogP contribution in [0.5, 0.6) is 0 Å². The maximum atomic E-state index is 12.8. The van der Waals surface area contributed by atoms with E-state index >= 15 is 0 Å². The number of benzene rings is 2.